The van der Waals surface area contributed by atoms with Gasteiger partial charge < -0.3 is 18.9 Å². The molecule has 0 radical (unpaired) electrons. The van der Waals surface area contributed by atoms with Gasteiger partial charge in [0.1, 0.15) is 5.76 Å². The molecule has 2 saturated carbocycles. The predicted molar refractivity (Wildman–Crippen MR) is 143 cm³/mol. The smallest absolute Gasteiger partial charge is 0.168 e. The zero-order valence-corrected chi connectivity index (χ0v) is 22.0. The third kappa shape index (κ3) is 4.45. The highest BCUT2D eigenvalue weighted by Gasteiger charge is 2.45. The fraction of sp³-hybridized carbons (Fsp3) is 0.484. The van der Waals surface area contributed by atoms with Crippen molar-refractivity contribution < 1.29 is 14.0 Å². The first-order valence-corrected chi connectivity index (χ1v) is 13.5. The van der Waals surface area contributed by atoms with Gasteiger partial charge >= 0.3 is 0 Å². The number of aryl methyl sites for hydroxylation is 3. The molecule has 0 atom stereocenters. The van der Waals surface area contributed by atoms with Crippen molar-refractivity contribution in [1.82, 2.24) is 5.16 Å². The third-order valence-electron chi connectivity index (χ3n) is 8.64. The molecule has 3 fully saturated rings. The minimum absolute atomic E-state index is 0.276. The standard InChI is InChI=1S/C31H35N3O3/c1-21-4-5-25(29-22(2)33-37-23(29)3)18-28(21)34(19-24-10-12-31(13-11-24)35-16-17-36-31)27-8-6-26(7-9-27)30(20-32)14-15-30/h4-9,18,24H,10-17,19H2,1-3H3. The molecule has 3 aromatic rings. The first-order chi connectivity index (χ1) is 17.9. The second kappa shape index (κ2) is 9.31. The molecule has 6 rings (SSSR count). The molecule has 2 heterocycles. The molecule has 0 bridgehead atoms. The molecule has 0 N–H and O–H groups in total. The molecule has 1 saturated heterocycles. The normalized spacial score (nSPS) is 20.2. The number of benzene rings is 2. The van der Waals surface area contributed by atoms with E-state index in [2.05, 4.69) is 65.5 Å². The zero-order valence-electron chi connectivity index (χ0n) is 22.0. The number of nitrogens with zero attached hydrogens (tertiary/aromatic N) is 3. The van der Waals surface area contributed by atoms with Crippen LogP contribution in [0.25, 0.3) is 11.1 Å². The first-order valence-electron chi connectivity index (χ1n) is 13.5. The van der Waals surface area contributed by atoms with Crippen LogP contribution in [-0.2, 0) is 14.9 Å². The molecule has 1 spiro atoms. The molecule has 2 aliphatic carbocycles. The van der Waals surface area contributed by atoms with E-state index >= 15 is 0 Å². The van der Waals surface area contributed by atoms with Gasteiger partial charge in [0.05, 0.1) is 30.4 Å². The summed E-state index contributed by atoms with van der Waals surface area (Å²) in [7, 11) is 0. The van der Waals surface area contributed by atoms with Gasteiger partial charge in [-0.05, 0) is 87.3 Å². The summed E-state index contributed by atoms with van der Waals surface area (Å²) in [6.45, 7) is 8.49. The van der Waals surface area contributed by atoms with Gasteiger partial charge in [0.2, 0.25) is 0 Å². The molecule has 0 amide bonds. The van der Waals surface area contributed by atoms with Crippen LogP contribution in [0.3, 0.4) is 0 Å². The molecule has 3 aliphatic rings. The second-order valence-corrected chi connectivity index (χ2v) is 11.1. The van der Waals surface area contributed by atoms with Crippen LogP contribution in [0.5, 0.6) is 0 Å². The van der Waals surface area contributed by atoms with E-state index < -0.39 is 0 Å². The largest absolute Gasteiger partial charge is 0.361 e. The van der Waals surface area contributed by atoms with Gasteiger partial charge in [-0.25, -0.2) is 0 Å². The molecule has 1 aliphatic heterocycles. The van der Waals surface area contributed by atoms with Crippen molar-refractivity contribution in [2.45, 2.75) is 70.5 Å². The molecular formula is C31H35N3O3. The lowest BCUT2D eigenvalue weighted by Crippen LogP contribution is -2.38. The Balaban J connectivity index is 1.34. The van der Waals surface area contributed by atoms with Crippen molar-refractivity contribution in [1.29, 1.82) is 5.26 Å². The highest BCUT2D eigenvalue weighted by atomic mass is 16.7. The van der Waals surface area contributed by atoms with Gasteiger partial charge in [-0.15, -0.1) is 0 Å². The van der Waals surface area contributed by atoms with Crippen LogP contribution < -0.4 is 4.90 Å². The SMILES string of the molecule is Cc1ccc(-c2c(C)noc2C)cc1N(CC1CCC2(CC1)OCCO2)c1ccc(C2(C#N)CC2)cc1. The van der Waals surface area contributed by atoms with Crippen LogP contribution in [-0.4, -0.2) is 30.7 Å². The third-order valence-corrected chi connectivity index (χ3v) is 8.64. The van der Waals surface area contributed by atoms with Crippen molar-refractivity contribution in [3.63, 3.8) is 0 Å². The number of ether oxygens (including phenoxy) is 2. The summed E-state index contributed by atoms with van der Waals surface area (Å²) >= 11 is 0. The van der Waals surface area contributed by atoms with Crippen LogP contribution in [0.1, 0.15) is 61.1 Å². The minimum atomic E-state index is -0.349. The van der Waals surface area contributed by atoms with Crippen LogP contribution in [0.4, 0.5) is 11.4 Å². The first kappa shape index (κ1) is 24.2. The zero-order chi connectivity index (χ0) is 25.6. The van der Waals surface area contributed by atoms with E-state index in [9.17, 15) is 5.26 Å². The number of aromatic nitrogens is 1. The van der Waals surface area contributed by atoms with E-state index in [4.69, 9.17) is 14.0 Å². The lowest BCUT2D eigenvalue weighted by molar-refractivity contribution is -0.181. The molecule has 192 valence electrons. The van der Waals surface area contributed by atoms with E-state index in [0.717, 1.165) is 78.9 Å². The van der Waals surface area contributed by atoms with E-state index in [0.29, 0.717) is 19.1 Å². The van der Waals surface area contributed by atoms with Crippen molar-refractivity contribution in [3.05, 3.63) is 65.0 Å². The number of hydrogen-bond donors (Lipinski definition) is 0. The Kier molecular flexibility index (Phi) is 6.09. The summed E-state index contributed by atoms with van der Waals surface area (Å²) in [5, 5.41) is 13.9. The molecule has 2 aromatic carbocycles. The Labute approximate surface area is 219 Å². The molecule has 6 heteroatoms. The maximum Gasteiger partial charge on any atom is 0.168 e. The van der Waals surface area contributed by atoms with Gasteiger partial charge in [-0.1, -0.05) is 29.4 Å². The van der Waals surface area contributed by atoms with Gasteiger partial charge in [-0.3, -0.25) is 0 Å². The van der Waals surface area contributed by atoms with Gasteiger partial charge in [0, 0.05) is 36.3 Å². The maximum absolute atomic E-state index is 9.68. The minimum Gasteiger partial charge on any atom is -0.361 e. The fourth-order valence-corrected chi connectivity index (χ4v) is 6.19. The summed E-state index contributed by atoms with van der Waals surface area (Å²) in [4.78, 5) is 2.46. The lowest BCUT2D eigenvalue weighted by atomic mass is 9.84. The van der Waals surface area contributed by atoms with E-state index in [1.807, 2.05) is 13.8 Å². The summed E-state index contributed by atoms with van der Waals surface area (Å²) < 4.78 is 17.5. The van der Waals surface area contributed by atoms with Crippen LogP contribution in [0, 0.1) is 38.0 Å². The fourth-order valence-electron chi connectivity index (χ4n) is 6.19. The predicted octanol–water partition coefficient (Wildman–Crippen LogP) is 6.89. The topological polar surface area (TPSA) is 71.5 Å². The summed E-state index contributed by atoms with van der Waals surface area (Å²) in [5.41, 5.74) is 7.53. The number of anilines is 2. The highest BCUT2D eigenvalue weighted by Crippen LogP contribution is 2.48. The Hall–Kier alpha value is -3.14. The molecular weight excluding hydrogens is 462 g/mol. The summed E-state index contributed by atoms with van der Waals surface area (Å²) in [6.07, 6.45) is 5.97. The summed E-state index contributed by atoms with van der Waals surface area (Å²) in [6, 6.07) is 17.9. The van der Waals surface area contributed by atoms with Gasteiger partial charge in [0.15, 0.2) is 5.79 Å². The van der Waals surface area contributed by atoms with Crippen LogP contribution in [0.2, 0.25) is 0 Å². The number of nitriles is 1. The molecule has 1 aromatic heterocycles. The lowest BCUT2D eigenvalue weighted by Gasteiger charge is -2.38. The van der Waals surface area contributed by atoms with Crippen molar-refractivity contribution in [2.24, 2.45) is 5.92 Å². The molecule has 0 unspecified atom stereocenters. The Morgan fingerprint density at radius 1 is 0.973 bits per heavy atom. The van der Waals surface area contributed by atoms with Crippen molar-refractivity contribution in [3.8, 4) is 17.2 Å². The average molecular weight is 498 g/mol. The Morgan fingerprint density at radius 2 is 1.68 bits per heavy atom. The summed E-state index contributed by atoms with van der Waals surface area (Å²) in [5.74, 6) is 1.02. The second-order valence-electron chi connectivity index (χ2n) is 11.1. The monoisotopic (exact) mass is 497 g/mol. The van der Waals surface area contributed by atoms with E-state index in [1.54, 1.807) is 0 Å². The van der Waals surface area contributed by atoms with Gasteiger partial charge in [0.25, 0.3) is 0 Å². The number of rotatable bonds is 6. The Bertz CT molecular complexity index is 1300. The Morgan fingerprint density at radius 3 is 2.27 bits per heavy atom. The molecule has 37 heavy (non-hydrogen) atoms. The van der Waals surface area contributed by atoms with Crippen molar-refractivity contribution >= 4 is 11.4 Å². The maximum atomic E-state index is 9.68. The van der Waals surface area contributed by atoms with E-state index in [-0.39, 0.29) is 11.2 Å². The average Bonchev–Trinajstić information content (AvgIpc) is 3.48. The number of hydrogen-bond acceptors (Lipinski definition) is 6. The van der Waals surface area contributed by atoms with Gasteiger partial charge in [-0.2, -0.15) is 5.26 Å². The van der Waals surface area contributed by atoms with Crippen molar-refractivity contribution in [2.75, 3.05) is 24.7 Å². The molecule has 6 nitrogen and oxygen atoms in total. The van der Waals surface area contributed by atoms with E-state index in [1.165, 1.54) is 11.3 Å². The van der Waals surface area contributed by atoms with Crippen LogP contribution in [0.15, 0.2) is 47.0 Å². The quantitative estimate of drug-likeness (QED) is 0.369. The highest BCUT2D eigenvalue weighted by molar-refractivity contribution is 5.76. The van der Waals surface area contributed by atoms with Crippen LogP contribution >= 0.6 is 0 Å².